The second-order valence-electron chi connectivity index (χ2n) is 9.20. The fourth-order valence-corrected chi connectivity index (χ4v) is 3.05. The van der Waals surface area contributed by atoms with E-state index in [-0.39, 0.29) is 43.7 Å². The Labute approximate surface area is 223 Å². The van der Waals surface area contributed by atoms with Crippen molar-refractivity contribution >= 4 is 17.9 Å². The molecule has 0 amide bonds. The van der Waals surface area contributed by atoms with E-state index in [9.17, 15) is 18.0 Å². The predicted molar refractivity (Wildman–Crippen MR) is 137 cm³/mol. The minimum atomic E-state index is -4.40. The van der Waals surface area contributed by atoms with Gasteiger partial charge in [-0.1, -0.05) is 12.1 Å². The van der Waals surface area contributed by atoms with Crippen molar-refractivity contribution < 1.29 is 37.3 Å². The normalized spacial score (nSPS) is 11.7. The van der Waals surface area contributed by atoms with Crippen molar-refractivity contribution in [3.8, 4) is 17.5 Å². The van der Waals surface area contributed by atoms with Gasteiger partial charge in [0.15, 0.2) is 5.60 Å². The number of ether oxygens (including phenoxy) is 3. The first-order chi connectivity index (χ1) is 18.3. The number of aromatic nitrogens is 3. The van der Waals surface area contributed by atoms with E-state index in [4.69, 9.17) is 19.3 Å². The number of aliphatic carboxylic acids is 1. The topological polar surface area (TPSA) is 128 Å². The smallest absolute Gasteiger partial charge is 0.416 e. The van der Waals surface area contributed by atoms with Crippen molar-refractivity contribution in [2.45, 2.75) is 52.1 Å². The molecule has 0 saturated heterocycles. The van der Waals surface area contributed by atoms with Crippen LogP contribution in [-0.4, -0.2) is 50.9 Å². The molecule has 13 heteroatoms. The van der Waals surface area contributed by atoms with E-state index >= 15 is 0 Å². The summed E-state index contributed by atoms with van der Waals surface area (Å²) >= 11 is 0. The van der Waals surface area contributed by atoms with Crippen molar-refractivity contribution in [2.75, 3.05) is 23.8 Å². The Morgan fingerprint density at radius 3 is 2.08 bits per heavy atom. The standard InChI is InChI=1S/C26H30F3N5O5/c1-16(2)31-23-32-22(30-15-17-5-7-18(8-6-17)26(27,28)29)33-24(34-23)38-14-13-37-19-9-11-20(12-10-19)39-25(3,4)21(35)36/h5-12,16H,13-15H2,1-4H3,(H,35,36)(H2,30,31,32,33,34). The molecule has 1 heterocycles. The number of halogens is 3. The molecule has 0 spiro atoms. The van der Waals surface area contributed by atoms with Crippen LogP contribution in [0, 0.1) is 0 Å². The van der Waals surface area contributed by atoms with Crippen LogP contribution in [-0.2, 0) is 17.5 Å². The van der Waals surface area contributed by atoms with E-state index in [1.165, 1.54) is 26.0 Å². The molecular formula is C26H30F3N5O5. The van der Waals surface area contributed by atoms with Gasteiger partial charge in [0.1, 0.15) is 24.7 Å². The van der Waals surface area contributed by atoms with Gasteiger partial charge in [0.05, 0.1) is 5.56 Å². The number of benzene rings is 2. The minimum absolute atomic E-state index is 0.0272. The van der Waals surface area contributed by atoms with Crippen molar-refractivity contribution in [1.82, 2.24) is 15.0 Å². The van der Waals surface area contributed by atoms with E-state index in [1.54, 1.807) is 24.3 Å². The number of carboxylic acids is 1. The van der Waals surface area contributed by atoms with E-state index < -0.39 is 23.3 Å². The summed E-state index contributed by atoms with van der Waals surface area (Å²) in [6, 6.07) is 11.3. The molecule has 0 fully saturated rings. The van der Waals surface area contributed by atoms with Gasteiger partial charge in [-0.15, -0.1) is 0 Å². The predicted octanol–water partition coefficient (Wildman–Crippen LogP) is 5.02. The lowest BCUT2D eigenvalue weighted by molar-refractivity contribution is -0.152. The zero-order valence-corrected chi connectivity index (χ0v) is 21.9. The summed E-state index contributed by atoms with van der Waals surface area (Å²) in [5.41, 5.74) is -1.48. The number of carboxylic acid groups (broad SMARTS) is 1. The first kappa shape index (κ1) is 29.3. The molecule has 0 radical (unpaired) electrons. The molecule has 0 bridgehead atoms. The molecular weight excluding hydrogens is 519 g/mol. The third-order valence-electron chi connectivity index (χ3n) is 5.06. The minimum Gasteiger partial charge on any atom is -0.490 e. The zero-order chi connectivity index (χ0) is 28.6. The summed E-state index contributed by atoms with van der Waals surface area (Å²) in [4.78, 5) is 23.9. The molecule has 0 aliphatic carbocycles. The van der Waals surface area contributed by atoms with Gasteiger partial charge in [-0.3, -0.25) is 0 Å². The number of nitrogens with one attached hydrogen (secondary N) is 2. The largest absolute Gasteiger partial charge is 0.490 e. The van der Waals surface area contributed by atoms with Gasteiger partial charge in [0.2, 0.25) is 11.9 Å². The van der Waals surface area contributed by atoms with Gasteiger partial charge in [0, 0.05) is 12.6 Å². The molecule has 0 saturated carbocycles. The molecule has 210 valence electrons. The Bertz CT molecular complexity index is 1240. The van der Waals surface area contributed by atoms with Gasteiger partial charge in [-0.2, -0.15) is 28.1 Å². The van der Waals surface area contributed by atoms with E-state index in [0.29, 0.717) is 17.1 Å². The maximum absolute atomic E-state index is 12.8. The second-order valence-corrected chi connectivity index (χ2v) is 9.20. The lowest BCUT2D eigenvalue weighted by Crippen LogP contribution is -2.37. The van der Waals surface area contributed by atoms with E-state index in [1.807, 2.05) is 13.8 Å². The number of nitrogens with zero attached hydrogens (tertiary/aromatic N) is 3. The second kappa shape index (κ2) is 12.5. The Morgan fingerprint density at radius 2 is 1.49 bits per heavy atom. The highest BCUT2D eigenvalue weighted by Gasteiger charge is 2.30. The molecule has 0 atom stereocenters. The Hall–Kier alpha value is -4.29. The van der Waals surface area contributed by atoms with Crippen LogP contribution in [0.15, 0.2) is 48.5 Å². The lowest BCUT2D eigenvalue weighted by atomic mass is 10.1. The van der Waals surface area contributed by atoms with Crippen LogP contribution in [0.1, 0.15) is 38.8 Å². The Kier molecular flexibility index (Phi) is 9.38. The highest BCUT2D eigenvalue weighted by atomic mass is 19.4. The average Bonchev–Trinajstić information content (AvgIpc) is 2.85. The molecule has 3 aromatic rings. The molecule has 2 aromatic carbocycles. The van der Waals surface area contributed by atoms with Crippen molar-refractivity contribution in [2.24, 2.45) is 0 Å². The van der Waals surface area contributed by atoms with Crippen molar-refractivity contribution in [1.29, 1.82) is 0 Å². The third kappa shape index (κ3) is 9.20. The SMILES string of the molecule is CC(C)Nc1nc(NCc2ccc(C(F)(F)F)cc2)nc(OCCOc2ccc(OC(C)(C)C(=O)O)cc2)n1. The number of rotatable bonds is 13. The van der Waals surface area contributed by atoms with Crippen molar-refractivity contribution in [3.63, 3.8) is 0 Å². The fraction of sp³-hybridized carbons (Fsp3) is 0.385. The Morgan fingerprint density at radius 1 is 0.897 bits per heavy atom. The summed E-state index contributed by atoms with van der Waals surface area (Å²) in [5.74, 6) is 0.283. The molecule has 0 aliphatic rings. The van der Waals surface area contributed by atoms with E-state index in [2.05, 4.69) is 25.6 Å². The number of hydrogen-bond donors (Lipinski definition) is 3. The highest BCUT2D eigenvalue weighted by Crippen LogP contribution is 2.29. The molecule has 0 unspecified atom stereocenters. The fourth-order valence-electron chi connectivity index (χ4n) is 3.05. The first-order valence-electron chi connectivity index (χ1n) is 12.0. The molecule has 39 heavy (non-hydrogen) atoms. The van der Waals surface area contributed by atoms with Gasteiger partial charge in [0.25, 0.3) is 0 Å². The molecule has 10 nitrogen and oxygen atoms in total. The Balaban J connectivity index is 1.56. The molecule has 3 rings (SSSR count). The summed E-state index contributed by atoms with van der Waals surface area (Å²) in [5, 5.41) is 15.2. The van der Waals surface area contributed by atoms with Crippen LogP contribution >= 0.6 is 0 Å². The van der Waals surface area contributed by atoms with Crippen molar-refractivity contribution in [3.05, 3.63) is 59.7 Å². The van der Waals surface area contributed by atoms with Crippen LogP contribution in [0.3, 0.4) is 0 Å². The number of hydrogen-bond acceptors (Lipinski definition) is 9. The number of carbonyl (C=O) groups is 1. The summed E-state index contributed by atoms with van der Waals surface area (Å²) < 4.78 is 55.1. The highest BCUT2D eigenvalue weighted by molar-refractivity contribution is 5.76. The third-order valence-corrected chi connectivity index (χ3v) is 5.06. The maximum atomic E-state index is 12.8. The lowest BCUT2D eigenvalue weighted by Gasteiger charge is -2.21. The molecule has 1 aromatic heterocycles. The van der Waals surface area contributed by atoms with Crippen LogP contribution in [0.4, 0.5) is 25.1 Å². The van der Waals surface area contributed by atoms with Gasteiger partial charge >= 0.3 is 18.2 Å². The van der Waals surface area contributed by atoms with Gasteiger partial charge in [-0.05, 0) is 69.7 Å². The monoisotopic (exact) mass is 549 g/mol. The van der Waals surface area contributed by atoms with Crippen LogP contribution in [0.25, 0.3) is 0 Å². The van der Waals surface area contributed by atoms with Gasteiger partial charge < -0.3 is 30.0 Å². The van der Waals surface area contributed by atoms with Crippen LogP contribution < -0.4 is 24.8 Å². The maximum Gasteiger partial charge on any atom is 0.416 e. The quantitative estimate of drug-likeness (QED) is 0.250. The zero-order valence-electron chi connectivity index (χ0n) is 21.9. The van der Waals surface area contributed by atoms with Crippen LogP contribution in [0.5, 0.6) is 17.5 Å². The van der Waals surface area contributed by atoms with Crippen LogP contribution in [0.2, 0.25) is 0 Å². The number of anilines is 2. The summed E-state index contributed by atoms with van der Waals surface area (Å²) in [6.07, 6.45) is -4.40. The number of alkyl halides is 3. The summed E-state index contributed by atoms with van der Waals surface area (Å²) in [7, 11) is 0. The average molecular weight is 550 g/mol. The molecule has 0 aliphatic heterocycles. The molecule has 3 N–H and O–H groups in total. The van der Waals surface area contributed by atoms with E-state index in [0.717, 1.165) is 12.1 Å². The summed E-state index contributed by atoms with van der Waals surface area (Å²) in [6.45, 7) is 7.18. The first-order valence-corrected chi connectivity index (χ1v) is 12.0. The van der Waals surface area contributed by atoms with Gasteiger partial charge in [-0.25, -0.2) is 4.79 Å².